The number of aryl methyl sites for hydroxylation is 2. The molecule has 1 saturated heterocycles. The van der Waals surface area contributed by atoms with Crippen LogP contribution >= 0.6 is 11.6 Å². The van der Waals surface area contributed by atoms with Crippen molar-refractivity contribution < 1.29 is 5.11 Å². The van der Waals surface area contributed by atoms with Crippen molar-refractivity contribution in [1.82, 2.24) is 14.7 Å². The van der Waals surface area contributed by atoms with E-state index in [4.69, 9.17) is 11.6 Å². The van der Waals surface area contributed by atoms with E-state index < -0.39 is 6.10 Å². The minimum atomic E-state index is -0.542. The third-order valence-electron chi connectivity index (χ3n) is 4.02. The molecule has 1 N–H and O–H groups in total. The molecular formula is C16H20ClN3O. The summed E-state index contributed by atoms with van der Waals surface area (Å²) in [5.41, 5.74) is 3.06. The molecule has 2 heterocycles. The predicted molar refractivity (Wildman–Crippen MR) is 83.6 cm³/mol. The molecule has 112 valence electrons. The summed E-state index contributed by atoms with van der Waals surface area (Å²) in [4.78, 5) is 2.23. The van der Waals surface area contributed by atoms with Gasteiger partial charge in [-0.2, -0.15) is 5.10 Å². The summed E-state index contributed by atoms with van der Waals surface area (Å²) in [6, 6.07) is 9.99. The Kier molecular flexibility index (Phi) is 4.02. The first-order chi connectivity index (χ1) is 10.0. The fourth-order valence-corrected chi connectivity index (χ4v) is 3.21. The van der Waals surface area contributed by atoms with Crippen molar-refractivity contribution in [2.45, 2.75) is 26.0 Å². The SMILES string of the molecule is Cc1cc(C)n(C2CN(C[C@@H](O)c3ccccc3Cl)C2)n1. The average Bonchev–Trinajstić information content (AvgIpc) is 2.72. The normalized spacial score (nSPS) is 17.7. The lowest BCUT2D eigenvalue weighted by Gasteiger charge is -2.40. The molecule has 3 rings (SSSR count). The number of benzene rings is 1. The highest BCUT2D eigenvalue weighted by Crippen LogP contribution is 2.28. The van der Waals surface area contributed by atoms with Crippen molar-refractivity contribution in [3.63, 3.8) is 0 Å². The van der Waals surface area contributed by atoms with E-state index in [1.54, 1.807) is 0 Å². The van der Waals surface area contributed by atoms with Crippen molar-refractivity contribution in [2.75, 3.05) is 19.6 Å². The number of hydrogen-bond acceptors (Lipinski definition) is 3. The largest absolute Gasteiger partial charge is 0.387 e. The highest BCUT2D eigenvalue weighted by atomic mass is 35.5. The summed E-state index contributed by atoms with van der Waals surface area (Å²) >= 11 is 6.12. The van der Waals surface area contributed by atoms with Crippen molar-refractivity contribution in [2.24, 2.45) is 0 Å². The Morgan fingerprint density at radius 2 is 2.05 bits per heavy atom. The van der Waals surface area contributed by atoms with Gasteiger partial charge in [0.15, 0.2) is 0 Å². The lowest BCUT2D eigenvalue weighted by Crippen LogP contribution is -2.49. The maximum Gasteiger partial charge on any atom is 0.0931 e. The lowest BCUT2D eigenvalue weighted by atomic mass is 10.0. The fourth-order valence-electron chi connectivity index (χ4n) is 2.95. The standard InChI is InChI=1S/C16H20ClN3O/c1-11-7-12(2)20(18-11)13-8-19(9-13)10-16(21)14-5-3-4-6-15(14)17/h3-7,13,16,21H,8-10H2,1-2H3/t16-/m1/s1. The van der Waals surface area contributed by atoms with Crippen molar-refractivity contribution in [1.29, 1.82) is 0 Å². The maximum absolute atomic E-state index is 10.3. The Morgan fingerprint density at radius 3 is 2.67 bits per heavy atom. The van der Waals surface area contributed by atoms with Gasteiger partial charge in [0.2, 0.25) is 0 Å². The van der Waals surface area contributed by atoms with Gasteiger partial charge in [0.25, 0.3) is 0 Å². The van der Waals surface area contributed by atoms with Gasteiger partial charge >= 0.3 is 0 Å². The lowest BCUT2D eigenvalue weighted by molar-refractivity contribution is 0.0394. The zero-order chi connectivity index (χ0) is 15.0. The number of β-amino-alcohol motifs (C(OH)–C–C–N with tert-alkyl or cyclic N) is 1. The van der Waals surface area contributed by atoms with Crippen LogP contribution in [-0.4, -0.2) is 39.4 Å². The van der Waals surface area contributed by atoms with Crippen LogP contribution in [-0.2, 0) is 0 Å². The molecule has 5 heteroatoms. The molecule has 0 unspecified atom stereocenters. The van der Waals surface area contributed by atoms with E-state index in [-0.39, 0.29) is 0 Å². The molecule has 0 amide bonds. The van der Waals surface area contributed by atoms with Gasteiger partial charge in [-0.25, -0.2) is 0 Å². The third kappa shape index (κ3) is 2.98. The minimum Gasteiger partial charge on any atom is -0.387 e. The molecule has 1 fully saturated rings. The van der Waals surface area contributed by atoms with E-state index in [9.17, 15) is 5.11 Å². The molecule has 1 aliphatic heterocycles. The van der Waals surface area contributed by atoms with Gasteiger partial charge in [0.05, 0.1) is 17.8 Å². The van der Waals surface area contributed by atoms with E-state index in [0.717, 1.165) is 24.3 Å². The van der Waals surface area contributed by atoms with E-state index in [2.05, 4.69) is 27.7 Å². The summed E-state index contributed by atoms with van der Waals surface area (Å²) < 4.78 is 2.09. The van der Waals surface area contributed by atoms with Crippen LogP contribution in [0.25, 0.3) is 0 Å². The van der Waals surface area contributed by atoms with Crippen LogP contribution in [0.3, 0.4) is 0 Å². The highest BCUT2D eigenvalue weighted by molar-refractivity contribution is 6.31. The maximum atomic E-state index is 10.3. The number of aliphatic hydroxyl groups is 1. The Hall–Kier alpha value is -1.36. The van der Waals surface area contributed by atoms with Crippen LogP contribution in [0.5, 0.6) is 0 Å². The minimum absolute atomic E-state index is 0.414. The molecule has 21 heavy (non-hydrogen) atoms. The Bertz CT molecular complexity index is 634. The Morgan fingerprint density at radius 1 is 1.33 bits per heavy atom. The molecule has 4 nitrogen and oxygen atoms in total. The summed E-state index contributed by atoms with van der Waals surface area (Å²) in [5.74, 6) is 0. The zero-order valence-corrected chi connectivity index (χ0v) is 13.1. The van der Waals surface area contributed by atoms with Crippen LogP contribution < -0.4 is 0 Å². The molecule has 0 spiro atoms. The number of rotatable bonds is 4. The van der Waals surface area contributed by atoms with Crippen molar-refractivity contribution >= 4 is 11.6 Å². The number of aromatic nitrogens is 2. The number of likely N-dealkylation sites (tertiary alicyclic amines) is 1. The number of aliphatic hydroxyl groups excluding tert-OH is 1. The van der Waals surface area contributed by atoms with Crippen LogP contribution in [0.1, 0.15) is 29.1 Å². The number of hydrogen-bond donors (Lipinski definition) is 1. The second-order valence-corrected chi connectivity index (χ2v) is 6.19. The molecule has 2 aromatic rings. The second-order valence-electron chi connectivity index (χ2n) is 5.78. The molecule has 1 aliphatic rings. The summed E-state index contributed by atoms with van der Waals surface area (Å²) in [7, 11) is 0. The first-order valence-corrected chi connectivity index (χ1v) is 7.60. The van der Waals surface area contributed by atoms with E-state index in [1.165, 1.54) is 5.69 Å². The molecule has 0 aliphatic carbocycles. The van der Waals surface area contributed by atoms with E-state index in [0.29, 0.717) is 17.6 Å². The topological polar surface area (TPSA) is 41.3 Å². The van der Waals surface area contributed by atoms with Gasteiger partial charge in [-0.15, -0.1) is 0 Å². The molecule has 1 aromatic heterocycles. The van der Waals surface area contributed by atoms with Crippen LogP contribution in [0.4, 0.5) is 0 Å². The van der Waals surface area contributed by atoms with Crippen LogP contribution in [0.2, 0.25) is 5.02 Å². The first-order valence-electron chi connectivity index (χ1n) is 7.22. The second kappa shape index (κ2) is 5.79. The highest BCUT2D eigenvalue weighted by Gasteiger charge is 2.31. The quantitative estimate of drug-likeness (QED) is 0.944. The molecule has 0 saturated carbocycles. The van der Waals surface area contributed by atoms with E-state index >= 15 is 0 Å². The summed E-state index contributed by atoms with van der Waals surface area (Å²) in [6.45, 7) is 6.55. The zero-order valence-electron chi connectivity index (χ0n) is 12.3. The first kappa shape index (κ1) is 14.6. The van der Waals surface area contributed by atoms with Crippen molar-refractivity contribution in [3.05, 3.63) is 52.3 Å². The fraction of sp³-hybridized carbons (Fsp3) is 0.438. The predicted octanol–water partition coefficient (Wildman–Crippen LogP) is 2.74. The number of halogens is 1. The third-order valence-corrected chi connectivity index (χ3v) is 4.37. The molecule has 0 bridgehead atoms. The Balaban J connectivity index is 1.58. The van der Waals surface area contributed by atoms with Gasteiger partial charge in [-0.05, 0) is 26.0 Å². The smallest absolute Gasteiger partial charge is 0.0931 e. The van der Waals surface area contributed by atoms with Gasteiger partial charge in [0.1, 0.15) is 0 Å². The van der Waals surface area contributed by atoms with E-state index in [1.807, 2.05) is 31.2 Å². The monoisotopic (exact) mass is 305 g/mol. The Labute approximate surface area is 130 Å². The van der Waals surface area contributed by atoms with Crippen LogP contribution in [0.15, 0.2) is 30.3 Å². The number of nitrogens with zero attached hydrogens (tertiary/aromatic N) is 3. The van der Waals surface area contributed by atoms with Gasteiger partial charge in [-0.1, -0.05) is 29.8 Å². The van der Waals surface area contributed by atoms with Crippen molar-refractivity contribution in [3.8, 4) is 0 Å². The molecule has 0 radical (unpaired) electrons. The molecule has 1 aromatic carbocycles. The van der Waals surface area contributed by atoms with Gasteiger partial charge in [-0.3, -0.25) is 9.58 Å². The van der Waals surface area contributed by atoms with Gasteiger partial charge < -0.3 is 5.11 Å². The van der Waals surface area contributed by atoms with Crippen LogP contribution in [0, 0.1) is 13.8 Å². The average molecular weight is 306 g/mol. The summed E-state index contributed by atoms with van der Waals surface area (Å²) in [5, 5.41) is 15.5. The molecular weight excluding hydrogens is 286 g/mol. The van der Waals surface area contributed by atoms with Gasteiger partial charge in [0, 0.05) is 35.9 Å². The summed E-state index contributed by atoms with van der Waals surface area (Å²) in [6.07, 6.45) is -0.542. The molecule has 1 atom stereocenters.